The molecule has 3 N–H and O–H groups in total. The first-order valence-electron chi connectivity index (χ1n) is 12.3. The predicted molar refractivity (Wildman–Crippen MR) is 155 cm³/mol. The van der Waals surface area contributed by atoms with Gasteiger partial charge < -0.3 is 15.4 Å². The quantitative estimate of drug-likeness (QED) is 0.372. The lowest BCUT2D eigenvalue weighted by molar-refractivity contribution is 0.0929. The molecule has 0 radical (unpaired) electrons. The van der Waals surface area contributed by atoms with E-state index in [9.17, 15) is 4.79 Å². The zero-order valence-electron chi connectivity index (χ0n) is 20.5. The monoisotopic (exact) mass is 558 g/mol. The summed E-state index contributed by atoms with van der Waals surface area (Å²) in [5.74, 6) is 0. The molecule has 2 aliphatic rings. The molecule has 6 rings (SSSR count). The molecule has 0 saturated carbocycles. The Kier molecular flexibility index (Phi) is 9.06. The Bertz CT molecular complexity index is 1410. The third kappa shape index (κ3) is 5.77. The molecule has 1 unspecified atom stereocenters. The lowest BCUT2D eigenvalue weighted by Crippen LogP contribution is -2.48. The van der Waals surface area contributed by atoms with Crippen molar-refractivity contribution in [1.29, 1.82) is 0 Å². The maximum atomic E-state index is 12.4. The van der Waals surface area contributed by atoms with Gasteiger partial charge in [0.15, 0.2) is 0 Å². The molecule has 6 nitrogen and oxygen atoms in total. The number of halogens is 2. The average Bonchev–Trinajstić information content (AvgIpc) is 3.10. The number of para-hydroxylation sites is 2. The lowest BCUT2D eigenvalue weighted by Gasteiger charge is -2.39. The van der Waals surface area contributed by atoms with Gasteiger partial charge in [-0.25, -0.2) is 4.79 Å². The summed E-state index contributed by atoms with van der Waals surface area (Å²) in [6.45, 7) is 5.95. The van der Waals surface area contributed by atoms with Crippen molar-refractivity contribution in [3.8, 4) is 0 Å². The second kappa shape index (κ2) is 12.1. The molecule has 0 spiro atoms. The Morgan fingerprint density at radius 2 is 1.68 bits per heavy atom. The van der Waals surface area contributed by atoms with Crippen LogP contribution in [0.5, 0.6) is 0 Å². The number of imidazole rings is 1. The maximum absolute atomic E-state index is 12.4. The van der Waals surface area contributed by atoms with Gasteiger partial charge in [-0.1, -0.05) is 53.7 Å². The summed E-state index contributed by atoms with van der Waals surface area (Å²) in [6, 6.07) is 23.4. The zero-order valence-corrected chi connectivity index (χ0v) is 22.9. The Hall–Kier alpha value is -2.26. The SMILES string of the molecule is Cl.O.O=c1[nH]c2ccccc2n1CCCN1CCN(C2Cc3cc(Cl)ccc3Sc3ccccc32)CC1. The number of H-pyrrole nitrogens is 1. The molecule has 3 heterocycles. The van der Waals surface area contributed by atoms with Gasteiger partial charge >= 0.3 is 5.69 Å². The standard InChI is InChI=1S/C28H29ClN4OS.ClH.H2O/c29-21-10-11-26-20(18-21)19-25(22-6-1-4-9-27(22)35-26)32-16-14-31(15-17-32)12-5-13-33-24-8-3-2-7-23(24)30-28(33)34;;/h1-4,6-11,18,25H,5,12-17,19H2,(H,30,34);1H;1H2. The number of aromatic amines is 1. The number of aryl methyl sites for hydroxylation is 1. The molecule has 0 amide bonds. The Morgan fingerprint density at radius 1 is 0.919 bits per heavy atom. The molecule has 9 heteroatoms. The Labute approximate surface area is 232 Å². The van der Waals surface area contributed by atoms with Crippen molar-refractivity contribution in [3.63, 3.8) is 0 Å². The molecule has 0 aliphatic carbocycles. The van der Waals surface area contributed by atoms with Gasteiger partial charge in [-0.2, -0.15) is 0 Å². The number of hydrogen-bond donors (Lipinski definition) is 1. The van der Waals surface area contributed by atoms with Crippen LogP contribution in [0.25, 0.3) is 11.0 Å². The van der Waals surface area contributed by atoms with Crippen molar-refractivity contribution in [1.82, 2.24) is 19.4 Å². The van der Waals surface area contributed by atoms with E-state index in [2.05, 4.69) is 51.2 Å². The smallest absolute Gasteiger partial charge is 0.326 e. The molecule has 3 aromatic carbocycles. The Morgan fingerprint density at radius 3 is 2.51 bits per heavy atom. The van der Waals surface area contributed by atoms with E-state index in [1.807, 2.05) is 46.7 Å². The highest BCUT2D eigenvalue weighted by Crippen LogP contribution is 2.43. The average molecular weight is 560 g/mol. The van der Waals surface area contributed by atoms with Crippen LogP contribution in [0.2, 0.25) is 5.02 Å². The van der Waals surface area contributed by atoms with E-state index in [0.29, 0.717) is 6.04 Å². The number of nitrogens with zero attached hydrogens (tertiary/aromatic N) is 3. The van der Waals surface area contributed by atoms with Crippen LogP contribution in [0.15, 0.2) is 81.3 Å². The molecular weight excluding hydrogens is 527 g/mol. The highest BCUT2D eigenvalue weighted by atomic mass is 35.5. The topological polar surface area (TPSA) is 75.8 Å². The fourth-order valence-corrected chi connectivity index (χ4v) is 6.81. The van der Waals surface area contributed by atoms with Crippen LogP contribution < -0.4 is 5.69 Å². The molecule has 196 valence electrons. The number of fused-ring (bicyclic) bond motifs is 3. The minimum atomic E-state index is -0.0127. The Balaban J connectivity index is 0.00000160. The maximum Gasteiger partial charge on any atom is 0.326 e. The van der Waals surface area contributed by atoms with Crippen molar-refractivity contribution >= 4 is 46.8 Å². The first-order chi connectivity index (χ1) is 17.2. The molecule has 2 aliphatic heterocycles. The summed E-state index contributed by atoms with van der Waals surface area (Å²) in [7, 11) is 0. The molecule has 1 saturated heterocycles. The molecule has 1 atom stereocenters. The van der Waals surface area contributed by atoms with Gasteiger partial charge in [0.2, 0.25) is 0 Å². The summed E-state index contributed by atoms with van der Waals surface area (Å²) < 4.78 is 1.87. The van der Waals surface area contributed by atoms with E-state index in [0.717, 1.165) is 68.2 Å². The molecule has 1 aromatic heterocycles. The molecular formula is C28H32Cl2N4O2S. The summed E-state index contributed by atoms with van der Waals surface area (Å²) in [5.41, 5.74) is 4.66. The third-order valence-corrected chi connectivity index (χ3v) is 8.76. The second-order valence-electron chi connectivity index (χ2n) is 9.44. The third-order valence-electron chi connectivity index (χ3n) is 7.32. The normalized spacial score (nSPS) is 17.8. The van der Waals surface area contributed by atoms with Gasteiger partial charge in [0.1, 0.15) is 0 Å². The van der Waals surface area contributed by atoms with E-state index in [1.54, 1.807) is 0 Å². The van der Waals surface area contributed by atoms with Crippen molar-refractivity contribution in [2.75, 3.05) is 32.7 Å². The van der Waals surface area contributed by atoms with Crippen LogP contribution in [-0.4, -0.2) is 57.6 Å². The minimum Gasteiger partial charge on any atom is -0.412 e. The molecule has 1 fully saturated rings. The zero-order chi connectivity index (χ0) is 23.8. The van der Waals surface area contributed by atoms with E-state index in [1.165, 1.54) is 20.9 Å². The first kappa shape index (κ1) is 27.8. The van der Waals surface area contributed by atoms with Gasteiger partial charge in [-0.05, 0) is 66.9 Å². The lowest BCUT2D eigenvalue weighted by atomic mass is 9.96. The number of rotatable bonds is 5. The summed E-state index contributed by atoms with van der Waals surface area (Å²) in [5, 5.41) is 0.813. The number of benzene rings is 3. The predicted octanol–water partition coefficient (Wildman–Crippen LogP) is 5.04. The summed E-state index contributed by atoms with van der Waals surface area (Å²) >= 11 is 8.23. The number of hydrogen-bond acceptors (Lipinski definition) is 4. The van der Waals surface area contributed by atoms with Crippen LogP contribution in [0.1, 0.15) is 23.6 Å². The van der Waals surface area contributed by atoms with Crippen LogP contribution in [0.3, 0.4) is 0 Å². The van der Waals surface area contributed by atoms with Crippen LogP contribution in [0, 0.1) is 0 Å². The van der Waals surface area contributed by atoms with Crippen molar-refractivity contribution in [2.24, 2.45) is 0 Å². The van der Waals surface area contributed by atoms with Gasteiger partial charge in [0.25, 0.3) is 0 Å². The van der Waals surface area contributed by atoms with Crippen molar-refractivity contribution in [2.45, 2.75) is 35.2 Å². The van der Waals surface area contributed by atoms with Gasteiger partial charge in [-0.3, -0.25) is 9.47 Å². The van der Waals surface area contributed by atoms with E-state index >= 15 is 0 Å². The van der Waals surface area contributed by atoms with Gasteiger partial charge in [-0.15, -0.1) is 12.4 Å². The van der Waals surface area contributed by atoms with E-state index in [4.69, 9.17) is 11.6 Å². The first-order valence-corrected chi connectivity index (χ1v) is 13.5. The van der Waals surface area contributed by atoms with Crippen LogP contribution in [0.4, 0.5) is 0 Å². The molecule has 37 heavy (non-hydrogen) atoms. The van der Waals surface area contributed by atoms with Crippen LogP contribution >= 0.6 is 35.8 Å². The fraction of sp³-hybridized carbons (Fsp3) is 0.321. The van der Waals surface area contributed by atoms with Crippen molar-refractivity contribution < 1.29 is 5.48 Å². The van der Waals surface area contributed by atoms with Gasteiger partial charge in [0, 0.05) is 53.6 Å². The van der Waals surface area contributed by atoms with E-state index < -0.39 is 0 Å². The largest absolute Gasteiger partial charge is 0.412 e. The summed E-state index contributed by atoms with van der Waals surface area (Å²) in [4.78, 5) is 23.2. The molecule has 4 aromatic rings. The van der Waals surface area contributed by atoms with Crippen LogP contribution in [-0.2, 0) is 13.0 Å². The van der Waals surface area contributed by atoms with Crippen molar-refractivity contribution in [3.05, 3.63) is 93.4 Å². The summed E-state index contributed by atoms with van der Waals surface area (Å²) in [6.07, 6.45) is 1.96. The second-order valence-corrected chi connectivity index (χ2v) is 11.0. The molecule has 0 bridgehead atoms. The number of aromatic nitrogens is 2. The fourth-order valence-electron chi connectivity index (χ4n) is 5.50. The number of nitrogens with one attached hydrogen (secondary N) is 1. The minimum absolute atomic E-state index is 0. The highest BCUT2D eigenvalue weighted by molar-refractivity contribution is 7.99. The highest BCUT2D eigenvalue weighted by Gasteiger charge is 2.29. The number of piperazine rings is 1. The van der Waals surface area contributed by atoms with Gasteiger partial charge in [0.05, 0.1) is 11.0 Å². The van der Waals surface area contributed by atoms with E-state index in [-0.39, 0.29) is 23.6 Å².